The molecule has 0 bridgehead atoms. The molecule has 20 heavy (non-hydrogen) atoms. The zero-order valence-electron chi connectivity index (χ0n) is 10.5. The first-order chi connectivity index (χ1) is 9.66. The number of aromatic amines is 1. The van der Waals surface area contributed by atoms with Crippen molar-refractivity contribution in [3.05, 3.63) is 53.6 Å². The highest BCUT2D eigenvalue weighted by Gasteiger charge is 2.17. The van der Waals surface area contributed by atoms with Crippen LogP contribution in [0.1, 0.15) is 0 Å². The predicted molar refractivity (Wildman–Crippen MR) is 80.5 cm³/mol. The summed E-state index contributed by atoms with van der Waals surface area (Å²) in [5.74, 6) is 0.501. The highest BCUT2D eigenvalue weighted by molar-refractivity contribution is 6.31. The van der Waals surface area contributed by atoms with Gasteiger partial charge in [0, 0.05) is 10.6 Å². The van der Waals surface area contributed by atoms with E-state index in [1.165, 1.54) is 0 Å². The van der Waals surface area contributed by atoms with E-state index in [-0.39, 0.29) is 5.75 Å². The van der Waals surface area contributed by atoms with Crippen LogP contribution >= 0.6 is 11.6 Å². The number of nitrogens with one attached hydrogen (secondary N) is 1. The summed E-state index contributed by atoms with van der Waals surface area (Å²) in [6.07, 6.45) is 0. The Balaban J connectivity index is 2.24. The van der Waals surface area contributed by atoms with Crippen LogP contribution in [0, 0.1) is 0 Å². The molecule has 4 N–H and O–H groups in total. The van der Waals surface area contributed by atoms with Crippen molar-refractivity contribution in [2.45, 2.75) is 0 Å². The lowest BCUT2D eigenvalue weighted by molar-refractivity contribution is 0.477. The molecule has 1 aromatic heterocycles. The first kappa shape index (κ1) is 12.6. The minimum atomic E-state index is 0.121. The van der Waals surface area contributed by atoms with E-state index in [1.54, 1.807) is 18.2 Å². The molecule has 100 valence electrons. The van der Waals surface area contributed by atoms with Gasteiger partial charge in [-0.25, -0.2) is 0 Å². The summed E-state index contributed by atoms with van der Waals surface area (Å²) in [6, 6.07) is 14.5. The van der Waals surface area contributed by atoms with E-state index in [0.29, 0.717) is 22.1 Å². The van der Waals surface area contributed by atoms with E-state index in [4.69, 9.17) is 17.3 Å². The van der Waals surface area contributed by atoms with E-state index in [0.717, 1.165) is 11.1 Å². The van der Waals surface area contributed by atoms with Crippen LogP contribution in [0.15, 0.2) is 48.5 Å². The van der Waals surface area contributed by atoms with Crippen LogP contribution in [-0.4, -0.2) is 15.3 Å². The fourth-order valence-corrected chi connectivity index (χ4v) is 2.33. The Hall–Kier alpha value is -2.46. The fourth-order valence-electron chi connectivity index (χ4n) is 2.16. The number of nitrogens with zero attached hydrogens (tertiary/aromatic N) is 1. The number of benzene rings is 2. The molecule has 3 aromatic rings. The Labute approximate surface area is 120 Å². The summed E-state index contributed by atoms with van der Waals surface area (Å²) >= 11 is 6.00. The maximum absolute atomic E-state index is 10.0. The molecule has 4 nitrogen and oxygen atoms in total. The van der Waals surface area contributed by atoms with Crippen molar-refractivity contribution in [2.75, 3.05) is 5.73 Å². The monoisotopic (exact) mass is 285 g/mol. The quantitative estimate of drug-likeness (QED) is 0.672. The Morgan fingerprint density at radius 1 is 1.10 bits per heavy atom. The molecule has 0 aliphatic heterocycles. The van der Waals surface area contributed by atoms with Gasteiger partial charge in [0.1, 0.15) is 5.75 Å². The van der Waals surface area contributed by atoms with Crippen LogP contribution in [0.3, 0.4) is 0 Å². The number of H-pyrrole nitrogens is 1. The van der Waals surface area contributed by atoms with Crippen LogP contribution in [0.25, 0.3) is 22.4 Å². The van der Waals surface area contributed by atoms with Crippen LogP contribution in [0.2, 0.25) is 5.02 Å². The average Bonchev–Trinajstić information content (AvgIpc) is 2.84. The van der Waals surface area contributed by atoms with Gasteiger partial charge in [0.25, 0.3) is 0 Å². The van der Waals surface area contributed by atoms with Gasteiger partial charge in [0.2, 0.25) is 0 Å². The summed E-state index contributed by atoms with van der Waals surface area (Å²) < 4.78 is 0. The lowest BCUT2D eigenvalue weighted by Gasteiger charge is -2.07. The van der Waals surface area contributed by atoms with Crippen molar-refractivity contribution < 1.29 is 5.11 Å². The number of phenols is 1. The maximum Gasteiger partial charge on any atom is 0.153 e. The van der Waals surface area contributed by atoms with Crippen molar-refractivity contribution in [3.8, 4) is 28.1 Å². The van der Waals surface area contributed by atoms with Gasteiger partial charge in [-0.2, -0.15) is 5.10 Å². The molecule has 0 amide bonds. The normalized spacial score (nSPS) is 10.7. The molecule has 0 fully saturated rings. The van der Waals surface area contributed by atoms with Crippen LogP contribution in [0.4, 0.5) is 5.82 Å². The van der Waals surface area contributed by atoms with E-state index < -0.39 is 0 Å². The van der Waals surface area contributed by atoms with Crippen LogP contribution in [0.5, 0.6) is 5.75 Å². The number of hydrogen-bond donors (Lipinski definition) is 3. The minimum Gasteiger partial charge on any atom is -0.507 e. The van der Waals surface area contributed by atoms with Crippen molar-refractivity contribution >= 4 is 17.4 Å². The number of aromatic nitrogens is 2. The van der Waals surface area contributed by atoms with Crippen molar-refractivity contribution in [2.24, 2.45) is 0 Å². The highest BCUT2D eigenvalue weighted by atomic mass is 35.5. The number of rotatable bonds is 2. The van der Waals surface area contributed by atoms with Crippen molar-refractivity contribution in [1.29, 1.82) is 0 Å². The second-order valence-corrected chi connectivity index (χ2v) is 4.82. The summed E-state index contributed by atoms with van der Waals surface area (Å²) in [6.45, 7) is 0. The molecule has 2 aromatic carbocycles. The number of hydrogen-bond acceptors (Lipinski definition) is 3. The maximum atomic E-state index is 10.0. The highest BCUT2D eigenvalue weighted by Crippen LogP contribution is 2.39. The smallest absolute Gasteiger partial charge is 0.153 e. The second-order valence-electron chi connectivity index (χ2n) is 4.39. The molecule has 0 aliphatic rings. The molecule has 1 heterocycles. The molecule has 0 aliphatic carbocycles. The third-order valence-electron chi connectivity index (χ3n) is 3.08. The molecule has 0 saturated carbocycles. The van der Waals surface area contributed by atoms with E-state index in [2.05, 4.69) is 10.2 Å². The molecule has 0 saturated heterocycles. The van der Waals surface area contributed by atoms with Gasteiger partial charge in [0.05, 0.1) is 11.3 Å². The molecular formula is C15H12ClN3O. The van der Waals surface area contributed by atoms with Gasteiger partial charge in [-0.1, -0.05) is 41.9 Å². The van der Waals surface area contributed by atoms with E-state index in [9.17, 15) is 5.11 Å². The predicted octanol–water partition coefficient (Wildman–Crippen LogP) is 3.68. The number of nitrogen functional groups attached to an aromatic ring is 1. The molecule has 0 atom stereocenters. The van der Waals surface area contributed by atoms with Gasteiger partial charge in [-0.3, -0.25) is 5.10 Å². The van der Waals surface area contributed by atoms with Gasteiger partial charge < -0.3 is 10.8 Å². The standard InChI is InChI=1S/C15H12ClN3O/c16-10-6-7-12(20)11(8-10)14-13(15(17)19-18-14)9-4-2-1-3-5-9/h1-8,20H,(H3,17,18,19). The third kappa shape index (κ3) is 2.10. The molecule has 0 radical (unpaired) electrons. The van der Waals surface area contributed by atoms with Crippen LogP contribution in [-0.2, 0) is 0 Å². The minimum absolute atomic E-state index is 0.121. The first-order valence-electron chi connectivity index (χ1n) is 6.05. The third-order valence-corrected chi connectivity index (χ3v) is 3.32. The Kier molecular flexibility index (Phi) is 3.08. The van der Waals surface area contributed by atoms with Crippen molar-refractivity contribution in [1.82, 2.24) is 10.2 Å². The molecule has 0 unspecified atom stereocenters. The van der Waals surface area contributed by atoms with E-state index in [1.807, 2.05) is 30.3 Å². The first-order valence-corrected chi connectivity index (χ1v) is 6.43. The lowest BCUT2D eigenvalue weighted by Crippen LogP contribution is -1.88. The SMILES string of the molecule is Nc1n[nH]c(-c2cc(Cl)ccc2O)c1-c1ccccc1. The average molecular weight is 286 g/mol. The Bertz CT molecular complexity index is 753. The van der Waals surface area contributed by atoms with Gasteiger partial charge in [-0.05, 0) is 23.8 Å². The van der Waals surface area contributed by atoms with Crippen molar-refractivity contribution in [3.63, 3.8) is 0 Å². The second kappa shape index (κ2) is 4.90. The number of phenolic OH excluding ortho intramolecular Hbond substituents is 1. The van der Waals surface area contributed by atoms with E-state index >= 15 is 0 Å². The van der Waals surface area contributed by atoms with Gasteiger partial charge in [-0.15, -0.1) is 0 Å². The molecule has 5 heteroatoms. The molecule has 0 spiro atoms. The lowest BCUT2D eigenvalue weighted by atomic mass is 10.0. The molecular weight excluding hydrogens is 274 g/mol. The zero-order chi connectivity index (χ0) is 14.1. The van der Waals surface area contributed by atoms with Gasteiger partial charge in [0.15, 0.2) is 5.82 Å². The summed E-state index contributed by atoms with van der Waals surface area (Å²) in [5.41, 5.74) is 8.84. The summed E-state index contributed by atoms with van der Waals surface area (Å²) in [7, 11) is 0. The van der Waals surface area contributed by atoms with Gasteiger partial charge >= 0.3 is 0 Å². The van der Waals surface area contributed by atoms with Crippen LogP contribution < -0.4 is 5.73 Å². The Morgan fingerprint density at radius 3 is 2.60 bits per heavy atom. The molecule has 3 rings (SSSR count). The Morgan fingerprint density at radius 2 is 1.85 bits per heavy atom. The summed E-state index contributed by atoms with van der Waals surface area (Å²) in [4.78, 5) is 0. The largest absolute Gasteiger partial charge is 0.507 e. The topological polar surface area (TPSA) is 74.9 Å². The number of nitrogens with two attached hydrogens (primary N) is 1. The zero-order valence-corrected chi connectivity index (χ0v) is 11.2. The number of anilines is 1. The summed E-state index contributed by atoms with van der Waals surface area (Å²) in [5, 5.41) is 17.5. The number of aromatic hydroxyl groups is 1. The fraction of sp³-hybridized carbons (Fsp3) is 0. The number of halogens is 1.